The summed E-state index contributed by atoms with van der Waals surface area (Å²) in [5, 5.41) is 0. The zero-order chi connectivity index (χ0) is 9.30. The predicted octanol–water partition coefficient (Wildman–Crippen LogP) is 1.48. The van der Waals surface area contributed by atoms with E-state index < -0.39 is 0 Å². The van der Waals surface area contributed by atoms with Gasteiger partial charge < -0.3 is 4.90 Å². The maximum atomic E-state index is 11.6. The monoisotopic (exact) mass is 186 g/mol. The second kappa shape index (κ2) is 3.39. The Kier molecular flexibility index (Phi) is 2.67. The van der Waals surface area contributed by atoms with Gasteiger partial charge in [0.25, 0.3) is 0 Å². The molecule has 1 heterocycles. The Morgan fingerprint density at radius 3 is 2.42 bits per heavy atom. The van der Waals surface area contributed by atoms with Crippen molar-refractivity contribution >= 4 is 23.2 Å². The summed E-state index contributed by atoms with van der Waals surface area (Å²) in [6, 6.07) is 0.235. The van der Waals surface area contributed by atoms with Crippen LogP contribution in [-0.2, 0) is 0 Å². The van der Waals surface area contributed by atoms with Gasteiger partial charge in [-0.3, -0.25) is 4.90 Å². The van der Waals surface area contributed by atoms with E-state index in [2.05, 4.69) is 0 Å². The van der Waals surface area contributed by atoms with E-state index in [0.717, 1.165) is 11.5 Å². The van der Waals surface area contributed by atoms with Gasteiger partial charge in [0, 0.05) is 12.6 Å². The second-order valence-corrected chi connectivity index (χ2v) is 3.63. The quantitative estimate of drug-likeness (QED) is 0.610. The van der Waals surface area contributed by atoms with Gasteiger partial charge in [-0.15, -0.1) is 0 Å². The van der Waals surface area contributed by atoms with Gasteiger partial charge in [-0.1, -0.05) is 12.2 Å². The summed E-state index contributed by atoms with van der Waals surface area (Å²) in [5.74, 6) is 0. The molecule has 68 valence electrons. The van der Waals surface area contributed by atoms with E-state index in [-0.39, 0.29) is 12.1 Å². The van der Waals surface area contributed by atoms with Crippen LogP contribution in [0.1, 0.15) is 20.8 Å². The third-order valence-electron chi connectivity index (χ3n) is 1.97. The van der Waals surface area contributed by atoms with Crippen LogP contribution >= 0.6 is 12.2 Å². The van der Waals surface area contributed by atoms with Gasteiger partial charge in [0.15, 0.2) is 0 Å². The minimum atomic E-state index is 0.0532. The Morgan fingerprint density at radius 1 is 1.58 bits per heavy atom. The topological polar surface area (TPSA) is 23.6 Å². The minimum Gasteiger partial charge on any atom is -0.318 e. The Hall–Kier alpha value is -0.640. The Bertz CT molecular complexity index is 215. The van der Waals surface area contributed by atoms with E-state index in [9.17, 15) is 4.79 Å². The third kappa shape index (κ3) is 1.43. The Balaban J connectivity index is 2.77. The molecule has 1 aliphatic heterocycles. The molecule has 0 saturated carbocycles. The highest BCUT2D eigenvalue weighted by molar-refractivity contribution is 7.80. The number of rotatable bonds is 2. The number of carbonyl (C=O) groups excluding carboxylic acids is 1. The molecule has 0 N–H and O–H groups in total. The lowest BCUT2D eigenvalue weighted by atomic mass is 10.3. The van der Waals surface area contributed by atoms with Crippen LogP contribution in [0.25, 0.3) is 0 Å². The molecule has 2 amide bonds. The van der Waals surface area contributed by atoms with Crippen LogP contribution < -0.4 is 0 Å². The summed E-state index contributed by atoms with van der Waals surface area (Å²) >= 11 is 5.10. The van der Waals surface area contributed by atoms with Gasteiger partial charge in [-0.05, 0) is 20.8 Å². The molecule has 0 aromatic heterocycles. The maximum absolute atomic E-state index is 11.6. The molecule has 1 fully saturated rings. The highest BCUT2D eigenvalue weighted by Gasteiger charge is 2.33. The van der Waals surface area contributed by atoms with Gasteiger partial charge >= 0.3 is 6.03 Å². The summed E-state index contributed by atoms with van der Waals surface area (Å²) < 4.78 is 0. The highest BCUT2D eigenvalue weighted by Crippen LogP contribution is 2.14. The summed E-state index contributed by atoms with van der Waals surface area (Å²) in [7, 11) is 0. The van der Waals surface area contributed by atoms with E-state index in [1.807, 2.05) is 20.8 Å². The predicted molar refractivity (Wildman–Crippen MR) is 52.2 cm³/mol. The van der Waals surface area contributed by atoms with Crippen molar-refractivity contribution in [2.45, 2.75) is 26.8 Å². The van der Waals surface area contributed by atoms with E-state index >= 15 is 0 Å². The molecule has 0 atom stereocenters. The fourth-order valence-corrected chi connectivity index (χ4v) is 1.77. The molecular weight excluding hydrogens is 172 g/mol. The minimum absolute atomic E-state index is 0.0532. The van der Waals surface area contributed by atoms with Crippen LogP contribution in [0.5, 0.6) is 0 Å². The SMILES string of the molecule is CCN1CC(=S)N(C(C)C)C1=O. The summed E-state index contributed by atoms with van der Waals surface area (Å²) in [4.78, 5) is 15.7. The lowest BCUT2D eigenvalue weighted by Crippen LogP contribution is -2.37. The first-order valence-corrected chi connectivity index (χ1v) is 4.59. The standard InChI is InChI=1S/C8H14N2OS/c1-4-9-5-7(12)10(6(2)3)8(9)11/h6H,4-5H2,1-3H3. The van der Waals surface area contributed by atoms with Gasteiger partial charge in [-0.2, -0.15) is 0 Å². The normalized spacial score (nSPS) is 18.3. The van der Waals surface area contributed by atoms with Crippen LogP contribution in [0, 0.1) is 0 Å². The molecule has 0 aliphatic carbocycles. The van der Waals surface area contributed by atoms with Crippen molar-refractivity contribution in [2.24, 2.45) is 0 Å². The zero-order valence-electron chi connectivity index (χ0n) is 7.70. The molecule has 0 aromatic rings. The number of amides is 2. The van der Waals surface area contributed by atoms with Crippen molar-refractivity contribution in [3.05, 3.63) is 0 Å². The molecule has 0 unspecified atom stereocenters. The molecule has 1 saturated heterocycles. The van der Waals surface area contributed by atoms with Crippen molar-refractivity contribution in [1.29, 1.82) is 0 Å². The van der Waals surface area contributed by atoms with E-state index in [1.54, 1.807) is 9.80 Å². The van der Waals surface area contributed by atoms with Crippen LogP contribution in [0.4, 0.5) is 4.79 Å². The molecule has 0 aromatic carbocycles. The van der Waals surface area contributed by atoms with E-state index in [0.29, 0.717) is 6.54 Å². The van der Waals surface area contributed by atoms with Crippen LogP contribution in [-0.4, -0.2) is 40.0 Å². The molecule has 0 radical (unpaired) electrons. The van der Waals surface area contributed by atoms with E-state index in [4.69, 9.17) is 12.2 Å². The van der Waals surface area contributed by atoms with Crippen LogP contribution in [0.15, 0.2) is 0 Å². The summed E-state index contributed by atoms with van der Waals surface area (Å²) in [6.07, 6.45) is 0. The second-order valence-electron chi connectivity index (χ2n) is 3.15. The Labute approximate surface area is 78.3 Å². The first-order chi connectivity index (χ1) is 5.57. The maximum Gasteiger partial charge on any atom is 0.325 e. The number of urea groups is 1. The lowest BCUT2D eigenvalue weighted by Gasteiger charge is -2.20. The van der Waals surface area contributed by atoms with Gasteiger partial charge in [-0.25, -0.2) is 4.79 Å². The number of hydrogen-bond acceptors (Lipinski definition) is 2. The van der Waals surface area contributed by atoms with Gasteiger partial charge in [0.05, 0.1) is 6.54 Å². The van der Waals surface area contributed by atoms with Crippen molar-refractivity contribution < 1.29 is 4.79 Å². The molecular formula is C8H14N2OS. The largest absolute Gasteiger partial charge is 0.325 e. The van der Waals surface area contributed by atoms with Gasteiger partial charge in [0.2, 0.25) is 0 Å². The number of nitrogens with zero attached hydrogens (tertiary/aromatic N) is 2. The fourth-order valence-electron chi connectivity index (χ4n) is 1.32. The highest BCUT2D eigenvalue weighted by atomic mass is 32.1. The number of thiocarbonyl (C=S) groups is 1. The molecule has 1 aliphatic rings. The number of likely N-dealkylation sites (N-methyl/N-ethyl adjacent to an activating group) is 1. The summed E-state index contributed by atoms with van der Waals surface area (Å²) in [6.45, 7) is 7.27. The van der Waals surface area contributed by atoms with Crippen molar-refractivity contribution in [3.63, 3.8) is 0 Å². The van der Waals surface area contributed by atoms with Crippen LogP contribution in [0.3, 0.4) is 0 Å². The lowest BCUT2D eigenvalue weighted by molar-refractivity contribution is 0.192. The molecule has 12 heavy (non-hydrogen) atoms. The third-order valence-corrected chi connectivity index (χ3v) is 2.30. The zero-order valence-corrected chi connectivity index (χ0v) is 8.52. The average molecular weight is 186 g/mol. The van der Waals surface area contributed by atoms with Crippen molar-refractivity contribution in [1.82, 2.24) is 9.80 Å². The summed E-state index contributed by atoms with van der Waals surface area (Å²) in [5.41, 5.74) is 0. The van der Waals surface area contributed by atoms with Crippen molar-refractivity contribution in [2.75, 3.05) is 13.1 Å². The smallest absolute Gasteiger partial charge is 0.318 e. The molecule has 0 bridgehead atoms. The van der Waals surface area contributed by atoms with E-state index in [1.165, 1.54) is 0 Å². The Morgan fingerprint density at radius 2 is 2.17 bits per heavy atom. The van der Waals surface area contributed by atoms with Crippen molar-refractivity contribution in [3.8, 4) is 0 Å². The molecule has 0 spiro atoms. The van der Waals surface area contributed by atoms with Gasteiger partial charge in [0.1, 0.15) is 4.99 Å². The first-order valence-electron chi connectivity index (χ1n) is 4.19. The average Bonchev–Trinajstić information content (AvgIpc) is 2.25. The molecule has 1 rings (SSSR count). The number of carbonyl (C=O) groups is 1. The molecule has 3 nitrogen and oxygen atoms in total. The molecule has 4 heteroatoms. The van der Waals surface area contributed by atoms with Crippen LogP contribution in [0.2, 0.25) is 0 Å². The fraction of sp³-hybridized carbons (Fsp3) is 0.750. The first kappa shape index (κ1) is 9.45. The number of hydrogen-bond donors (Lipinski definition) is 0.